The molecule has 0 fully saturated rings. The maximum absolute atomic E-state index is 12.3. The normalized spacial score (nSPS) is 18.8. The lowest BCUT2D eigenvalue weighted by atomic mass is 9.93. The van der Waals surface area contributed by atoms with Gasteiger partial charge in [0.1, 0.15) is 0 Å². The fourth-order valence-electron chi connectivity index (χ4n) is 4.60. The van der Waals surface area contributed by atoms with Gasteiger partial charge in [0.25, 0.3) is 0 Å². The lowest BCUT2D eigenvalue weighted by molar-refractivity contribution is 0.100. The lowest BCUT2D eigenvalue weighted by Crippen LogP contribution is -2.85. The zero-order valence-electron chi connectivity index (χ0n) is 15.7. The van der Waals surface area contributed by atoms with Crippen molar-refractivity contribution < 1.29 is 4.79 Å². The van der Waals surface area contributed by atoms with Crippen molar-refractivity contribution in [1.82, 2.24) is 0 Å². The molecule has 1 aliphatic carbocycles. The fraction of sp³-hybridized carbons (Fsp3) is 0.286. The standard InChI is InChI=1S/C21H25NOSi2/c1-13-11-14-7-6-8-15(17(14)12-13)19-16(21(22)23)9-10-18-20(19)25(4,5)24(18,2)3/h6-10,12H,11H2,1-5H3,(H2,22,23). The summed E-state index contributed by atoms with van der Waals surface area (Å²) < 4.78 is 0. The van der Waals surface area contributed by atoms with Crippen LogP contribution >= 0.6 is 0 Å². The van der Waals surface area contributed by atoms with E-state index < -0.39 is 15.2 Å². The average molecular weight is 364 g/mol. The molecule has 2 nitrogen and oxygen atoms in total. The highest BCUT2D eigenvalue weighted by Crippen LogP contribution is 2.39. The molecule has 25 heavy (non-hydrogen) atoms. The molecule has 4 rings (SSSR count). The highest BCUT2D eigenvalue weighted by molar-refractivity contribution is 7.57. The summed E-state index contributed by atoms with van der Waals surface area (Å²) in [4.78, 5) is 12.3. The second kappa shape index (κ2) is 5.05. The van der Waals surface area contributed by atoms with Crippen molar-refractivity contribution in [3.8, 4) is 11.1 Å². The number of nitrogens with two attached hydrogens (primary N) is 1. The molecule has 128 valence electrons. The Morgan fingerprint density at radius 2 is 1.76 bits per heavy atom. The maximum Gasteiger partial charge on any atom is 0.249 e. The smallest absolute Gasteiger partial charge is 0.249 e. The van der Waals surface area contributed by atoms with Gasteiger partial charge in [0.05, 0.1) is 15.2 Å². The van der Waals surface area contributed by atoms with E-state index in [1.54, 1.807) is 0 Å². The van der Waals surface area contributed by atoms with Crippen LogP contribution in [-0.2, 0) is 6.42 Å². The number of primary amides is 1. The van der Waals surface area contributed by atoms with Crippen LogP contribution in [0.25, 0.3) is 17.2 Å². The molecule has 0 saturated carbocycles. The predicted molar refractivity (Wildman–Crippen MR) is 112 cm³/mol. The van der Waals surface area contributed by atoms with Gasteiger partial charge in [0.2, 0.25) is 5.91 Å². The topological polar surface area (TPSA) is 43.1 Å². The summed E-state index contributed by atoms with van der Waals surface area (Å²) >= 11 is 0. The van der Waals surface area contributed by atoms with E-state index in [0.717, 1.165) is 12.0 Å². The number of carbonyl (C=O) groups is 1. The predicted octanol–water partition coefficient (Wildman–Crippen LogP) is 3.33. The van der Waals surface area contributed by atoms with Crippen molar-refractivity contribution in [3.63, 3.8) is 0 Å². The number of hydrogen-bond acceptors (Lipinski definition) is 1. The van der Waals surface area contributed by atoms with Crippen LogP contribution in [-0.4, -0.2) is 21.1 Å². The first-order valence-electron chi connectivity index (χ1n) is 8.93. The largest absolute Gasteiger partial charge is 0.366 e. The number of allylic oxidation sites excluding steroid dienone is 1. The monoisotopic (exact) mass is 363 g/mol. The molecule has 0 atom stereocenters. The molecule has 0 saturated heterocycles. The Bertz CT molecular complexity index is 970. The number of carbonyl (C=O) groups excluding carboxylic acids is 1. The summed E-state index contributed by atoms with van der Waals surface area (Å²) in [6.45, 7) is 12.1. The molecule has 0 spiro atoms. The summed E-state index contributed by atoms with van der Waals surface area (Å²) in [5.74, 6) is -0.315. The molecule has 4 heteroatoms. The molecule has 2 aliphatic rings. The van der Waals surface area contributed by atoms with Gasteiger partial charge < -0.3 is 5.73 Å². The number of amides is 1. The molecule has 1 amide bonds. The molecule has 0 bridgehead atoms. The van der Waals surface area contributed by atoms with Gasteiger partial charge in [-0.3, -0.25) is 4.79 Å². The summed E-state index contributed by atoms with van der Waals surface area (Å²) in [7, 11) is -2.93. The van der Waals surface area contributed by atoms with E-state index in [-0.39, 0.29) is 5.91 Å². The van der Waals surface area contributed by atoms with E-state index in [9.17, 15) is 4.79 Å². The van der Waals surface area contributed by atoms with Gasteiger partial charge >= 0.3 is 0 Å². The van der Waals surface area contributed by atoms with Gasteiger partial charge in [-0.05, 0) is 41.7 Å². The quantitative estimate of drug-likeness (QED) is 0.817. The van der Waals surface area contributed by atoms with Crippen LogP contribution in [0.2, 0.25) is 26.2 Å². The Balaban J connectivity index is 2.10. The second-order valence-electron chi connectivity index (χ2n) is 8.57. The van der Waals surface area contributed by atoms with Crippen molar-refractivity contribution in [3.05, 3.63) is 52.6 Å². The molecule has 1 heterocycles. The van der Waals surface area contributed by atoms with Gasteiger partial charge in [-0.25, -0.2) is 0 Å². The van der Waals surface area contributed by atoms with Gasteiger partial charge in [-0.15, -0.1) is 0 Å². The molecule has 0 aromatic heterocycles. The first-order valence-corrected chi connectivity index (χ1v) is 15.9. The van der Waals surface area contributed by atoms with Gasteiger partial charge in [-0.2, -0.15) is 0 Å². The Labute approximate surface area is 151 Å². The van der Waals surface area contributed by atoms with Crippen LogP contribution < -0.4 is 16.1 Å². The van der Waals surface area contributed by atoms with E-state index in [4.69, 9.17) is 5.73 Å². The number of rotatable bonds is 2. The Kier molecular flexibility index (Phi) is 3.34. The minimum absolute atomic E-state index is 0.315. The molecule has 1 aliphatic heterocycles. The number of benzene rings is 2. The van der Waals surface area contributed by atoms with Crippen molar-refractivity contribution in [2.75, 3.05) is 0 Å². The molecule has 0 unspecified atom stereocenters. The highest BCUT2D eigenvalue weighted by atomic mass is 29.3. The average Bonchev–Trinajstić information content (AvgIpc) is 2.93. The van der Waals surface area contributed by atoms with Crippen LogP contribution in [0.5, 0.6) is 0 Å². The van der Waals surface area contributed by atoms with Crippen LogP contribution in [0.3, 0.4) is 0 Å². The van der Waals surface area contributed by atoms with E-state index in [2.05, 4.69) is 63.5 Å². The van der Waals surface area contributed by atoms with Crippen LogP contribution in [0.4, 0.5) is 0 Å². The maximum atomic E-state index is 12.3. The minimum Gasteiger partial charge on any atom is -0.366 e. The number of hydrogen-bond donors (Lipinski definition) is 1. The van der Waals surface area contributed by atoms with Crippen LogP contribution in [0.15, 0.2) is 35.9 Å². The summed E-state index contributed by atoms with van der Waals surface area (Å²) in [5, 5.41) is 3.01. The van der Waals surface area contributed by atoms with Crippen LogP contribution in [0, 0.1) is 0 Å². The fourth-order valence-corrected chi connectivity index (χ4v) is 15.1. The van der Waals surface area contributed by atoms with E-state index in [1.807, 2.05) is 6.07 Å². The third kappa shape index (κ3) is 2.04. The third-order valence-corrected chi connectivity index (χ3v) is 24.5. The van der Waals surface area contributed by atoms with E-state index in [1.165, 1.54) is 32.6 Å². The van der Waals surface area contributed by atoms with Gasteiger partial charge in [-0.1, -0.05) is 72.5 Å². The first kappa shape index (κ1) is 16.5. The molecular formula is C21H25NOSi2. The second-order valence-corrected chi connectivity index (χ2v) is 23.6. The van der Waals surface area contributed by atoms with Crippen molar-refractivity contribution in [2.45, 2.75) is 39.5 Å². The van der Waals surface area contributed by atoms with E-state index in [0.29, 0.717) is 5.56 Å². The SMILES string of the molecule is CC1=Cc2c(cccc2-c2c(C(N)=O)ccc3c2[Si](C)(C)[Si]3(C)C)C1. The lowest BCUT2D eigenvalue weighted by Gasteiger charge is -2.52. The summed E-state index contributed by atoms with van der Waals surface area (Å²) in [5.41, 5.74) is 12.8. The third-order valence-electron chi connectivity index (χ3n) is 6.66. The molecule has 2 N–H and O–H groups in total. The molecular weight excluding hydrogens is 338 g/mol. The Hall–Kier alpha value is -1.92. The molecule has 0 radical (unpaired) electrons. The zero-order valence-corrected chi connectivity index (χ0v) is 17.7. The van der Waals surface area contributed by atoms with Crippen molar-refractivity contribution in [2.24, 2.45) is 5.73 Å². The highest BCUT2D eigenvalue weighted by Gasteiger charge is 2.56. The first-order chi connectivity index (χ1) is 11.7. The van der Waals surface area contributed by atoms with Crippen molar-refractivity contribution in [1.29, 1.82) is 0 Å². The zero-order chi connectivity index (χ0) is 18.1. The summed E-state index contributed by atoms with van der Waals surface area (Å²) in [6.07, 6.45) is 3.29. The Morgan fingerprint density at radius 1 is 1.04 bits per heavy atom. The molecule has 2 aromatic rings. The minimum atomic E-state index is -1.54. The van der Waals surface area contributed by atoms with E-state index >= 15 is 0 Å². The number of fused-ring (bicyclic) bond motifs is 2. The van der Waals surface area contributed by atoms with Gasteiger partial charge in [0.15, 0.2) is 0 Å². The van der Waals surface area contributed by atoms with Gasteiger partial charge in [0, 0.05) is 5.56 Å². The summed E-state index contributed by atoms with van der Waals surface area (Å²) in [6, 6.07) is 10.7. The van der Waals surface area contributed by atoms with Crippen LogP contribution in [0.1, 0.15) is 28.4 Å². The van der Waals surface area contributed by atoms with Crippen molar-refractivity contribution >= 4 is 37.5 Å². The Morgan fingerprint density at radius 3 is 2.44 bits per heavy atom. The molecule has 2 aromatic carbocycles.